The summed E-state index contributed by atoms with van der Waals surface area (Å²) >= 11 is 0. The molecule has 0 aliphatic carbocycles. The maximum Gasteiger partial charge on any atom is 0.195 e. The fourth-order valence-corrected chi connectivity index (χ4v) is 1.47. The van der Waals surface area contributed by atoms with Gasteiger partial charge >= 0.3 is 0 Å². The van der Waals surface area contributed by atoms with Gasteiger partial charge < -0.3 is 0 Å². The van der Waals surface area contributed by atoms with Gasteiger partial charge in [-0.05, 0) is 29.0 Å². The molecule has 0 aliphatic heterocycles. The van der Waals surface area contributed by atoms with Crippen molar-refractivity contribution >= 4 is 0 Å². The molecule has 1 unspecified atom stereocenters. The fraction of sp³-hybridized carbons (Fsp3) is 0.333. The predicted molar refractivity (Wildman–Crippen MR) is 55.4 cm³/mol. The van der Waals surface area contributed by atoms with Crippen LogP contribution in [0, 0.1) is 11.8 Å². The van der Waals surface area contributed by atoms with E-state index in [0.29, 0.717) is 11.5 Å². The molecule has 2 heterocycles. The summed E-state index contributed by atoms with van der Waals surface area (Å²) in [5, 5.41) is 14.0. The second kappa shape index (κ2) is 4.13. The molecule has 0 fully saturated rings. The summed E-state index contributed by atoms with van der Waals surface area (Å²) in [4.78, 5) is 15.1. The highest BCUT2D eigenvalue weighted by molar-refractivity contribution is 5.25. The van der Waals surface area contributed by atoms with E-state index < -0.39 is 6.04 Å². The Morgan fingerprint density at radius 1 is 1.50 bits per heavy atom. The zero-order valence-corrected chi connectivity index (χ0v) is 8.90. The van der Waals surface area contributed by atoms with E-state index in [2.05, 4.69) is 25.7 Å². The summed E-state index contributed by atoms with van der Waals surface area (Å²) in [6.45, 7) is 1.87. The smallest absolute Gasteiger partial charge is 0.195 e. The molecule has 16 heavy (non-hydrogen) atoms. The highest BCUT2D eigenvalue weighted by atomic mass is 16.3. The Hall–Kier alpha value is -2.18. The Kier molecular flexibility index (Phi) is 2.67. The second-order valence-corrected chi connectivity index (χ2v) is 3.37. The van der Waals surface area contributed by atoms with Crippen LogP contribution < -0.4 is 0 Å². The summed E-state index contributed by atoms with van der Waals surface area (Å²) in [7, 11) is 1.66. The molecule has 0 amide bonds. The van der Waals surface area contributed by atoms with E-state index in [1.807, 2.05) is 13.0 Å². The van der Waals surface area contributed by atoms with Crippen molar-refractivity contribution < 1.29 is 0 Å². The summed E-state index contributed by atoms with van der Waals surface area (Å²) in [6.07, 6.45) is 1.62. The number of rotatable bonds is 3. The minimum atomic E-state index is -0.763. The first kappa shape index (κ1) is 10.3. The topological polar surface area (TPSA) is 85.9 Å². The number of hydrogen-bond donors (Lipinski definition) is 0. The highest BCUT2D eigenvalue weighted by Crippen LogP contribution is 2.23. The number of pyridine rings is 1. The van der Waals surface area contributed by atoms with Gasteiger partial charge in [0.1, 0.15) is 0 Å². The molecule has 0 saturated carbocycles. The predicted octanol–water partition coefficient (Wildman–Crippen LogP) is 0.769. The largest absolute Gasteiger partial charge is 0.258 e. The highest BCUT2D eigenvalue weighted by Gasteiger charge is 2.23. The van der Waals surface area contributed by atoms with E-state index in [9.17, 15) is 4.91 Å². The number of nitroso groups, excluding NO2 is 1. The summed E-state index contributed by atoms with van der Waals surface area (Å²) < 4.78 is 1.42. The van der Waals surface area contributed by atoms with Crippen LogP contribution >= 0.6 is 0 Å². The van der Waals surface area contributed by atoms with Crippen LogP contribution in [-0.4, -0.2) is 25.2 Å². The number of aromatic nitrogens is 5. The van der Waals surface area contributed by atoms with Crippen LogP contribution in [0.4, 0.5) is 0 Å². The molecule has 2 aromatic rings. The third-order valence-electron chi connectivity index (χ3n) is 2.31. The molecular weight excluding hydrogens is 208 g/mol. The quantitative estimate of drug-likeness (QED) is 0.710. The number of nitrogens with zero attached hydrogens (tertiary/aromatic N) is 6. The third kappa shape index (κ3) is 1.67. The van der Waals surface area contributed by atoms with Gasteiger partial charge in [-0.3, -0.25) is 4.98 Å². The van der Waals surface area contributed by atoms with E-state index >= 15 is 0 Å². The van der Waals surface area contributed by atoms with Gasteiger partial charge in [0, 0.05) is 13.2 Å². The number of aryl methyl sites for hydroxylation is 2. The van der Waals surface area contributed by atoms with Crippen molar-refractivity contribution in [2.75, 3.05) is 0 Å². The molecule has 0 bridgehead atoms. The maximum absolute atomic E-state index is 10.9. The molecule has 7 heteroatoms. The lowest BCUT2D eigenvalue weighted by Gasteiger charge is -2.08. The van der Waals surface area contributed by atoms with E-state index in [0.717, 1.165) is 5.56 Å². The van der Waals surface area contributed by atoms with Crippen LogP contribution in [0.2, 0.25) is 0 Å². The third-order valence-corrected chi connectivity index (χ3v) is 2.31. The average molecular weight is 218 g/mol. The number of hydrogen-bond acceptors (Lipinski definition) is 6. The first-order valence-electron chi connectivity index (χ1n) is 4.70. The van der Waals surface area contributed by atoms with Crippen molar-refractivity contribution in [2.45, 2.75) is 13.0 Å². The molecule has 0 saturated heterocycles. The Labute approximate surface area is 91.5 Å². The lowest BCUT2D eigenvalue weighted by molar-refractivity contribution is 0.638. The Balaban J connectivity index is 2.49. The van der Waals surface area contributed by atoms with Crippen LogP contribution in [0.5, 0.6) is 0 Å². The van der Waals surface area contributed by atoms with Crippen LogP contribution in [0.3, 0.4) is 0 Å². The lowest BCUT2D eigenvalue weighted by atomic mass is 10.1. The molecule has 0 spiro atoms. The molecule has 0 radical (unpaired) electrons. The van der Waals surface area contributed by atoms with Crippen LogP contribution in [-0.2, 0) is 7.05 Å². The molecule has 2 rings (SSSR count). The zero-order valence-electron chi connectivity index (χ0n) is 8.90. The summed E-state index contributed by atoms with van der Waals surface area (Å²) in [6, 6.07) is 2.90. The Morgan fingerprint density at radius 3 is 2.88 bits per heavy atom. The van der Waals surface area contributed by atoms with Gasteiger partial charge in [0.05, 0.1) is 5.69 Å². The van der Waals surface area contributed by atoms with Gasteiger partial charge in [-0.1, -0.05) is 11.2 Å². The lowest BCUT2D eigenvalue weighted by Crippen LogP contribution is -2.09. The van der Waals surface area contributed by atoms with Crippen molar-refractivity contribution in [1.29, 1.82) is 0 Å². The van der Waals surface area contributed by atoms with E-state index in [4.69, 9.17) is 0 Å². The Bertz CT molecular complexity index is 508. The zero-order chi connectivity index (χ0) is 11.5. The van der Waals surface area contributed by atoms with Crippen LogP contribution in [0.15, 0.2) is 23.5 Å². The van der Waals surface area contributed by atoms with Gasteiger partial charge in [-0.2, -0.15) is 0 Å². The molecule has 0 aliphatic rings. The van der Waals surface area contributed by atoms with Crippen LogP contribution in [0.25, 0.3) is 0 Å². The normalized spacial score (nSPS) is 12.4. The van der Waals surface area contributed by atoms with Crippen molar-refractivity contribution in [1.82, 2.24) is 25.2 Å². The van der Waals surface area contributed by atoms with Crippen molar-refractivity contribution in [2.24, 2.45) is 12.2 Å². The van der Waals surface area contributed by atoms with Crippen molar-refractivity contribution in [3.8, 4) is 0 Å². The summed E-state index contributed by atoms with van der Waals surface area (Å²) in [5.41, 5.74) is 1.46. The molecule has 82 valence electrons. The second-order valence-electron chi connectivity index (χ2n) is 3.37. The van der Waals surface area contributed by atoms with E-state index in [-0.39, 0.29) is 0 Å². The molecule has 0 aromatic carbocycles. The van der Waals surface area contributed by atoms with Crippen molar-refractivity contribution in [3.05, 3.63) is 40.3 Å². The minimum Gasteiger partial charge on any atom is -0.258 e. The van der Waals surface area contributed by atoms with Crippen molar-refractivity contribution in [3.63, 3.8) is 0 Å². The first-order chi connectivity index (χ1) is 7.74. The molecule has 2 aromatic heterocycles. The fourth-order valence-electron chi connectivity index (χ4n) is 1.47. The standard InChI is InChI=1S/C9H10N6O/c1-6-4-3-5-10-7(6)8(12-16)9-11-13-14-15(9)2/h3-5,8H,1-2H3. The van der Waals surface area contributed by atoms with Gasteiger partial charge in [0.2, 0.25) is 0 Å². The van der Waals surface area contributed by atoms with Gasteiger partial charge in [-0.15, -0.1) is 10.0 Å². The van der Waals surface area contributed by atoms with Gasteiger partial charge in [0.15, 0.2) is 11.9 Å². The SMILES string of the molecule is Cc1cccnc1C(N=O)c1nnnn1C. The van der Waals surface area contributed by atoms with Gasteiger partial charge in [0.25, 0.3) is 0 Å². The molecular formula is C9H10N6O. The summed E-state index contributed by atoms with van der Waals surface area (Å²) in [5.74, 6) is 0.386. The Morgan fingerprint density at radius 2 is 2.31 bits per heavy atom. The van der Waals surface area contributed by atoms with E-state index in [1.165, 1.54) is 4.68 Å². The average Bonchev–Trinajstić information content (AvgIpc) is 2.69. The van der Waals surface area contributed by atoms with E-state index in [1.54, 1.807) is 19.3 Å². The van der Waals surface area contributed by atoms with Crippen LogP contribution in [0.1, 0.15) is 23.1 Å². The minimum absolute atomic E-state index is 0.386. The monoisotopic (exact) mass is 218 g/mol. The number of tetrazole rings is 1. The maximum atomic E-state index is 10.9. The molecule has 0 N–H and O–H groups in total. The van der Waals surface area contributed by atoms with Gasteiger partial charge in [-0.25, -0.2) is 4.68 Å². The molecule has 7 nitrogen and oxygen atoms in total. The molecule has 1 atom stereocenters. The first-order valence-corrected chi connectivity index (χ1v) is 4.70.